The van der Waals surface area contributed by atoms with Crippen molar-refractivity contribution in [1.29, 1.82) is 0 Å². The lowest BCUT2D eigenvalue weighted by molar-refractivity contribution is -0.0962. The van der Waals surface area contributed by atoms with E-state index in [2.05, 4.69) is 71.1 Å². The van der Waals surface area contributed by atoms with E-state index in [1.807, 2.05) is 0 Å². The average molecular weight is 546 g/mol. The maximum atomic E-state index is 12.7. The molecule has 1 spiro atoms. The molecule has 2 aliphatic heterocycles. The Kier molecular flexibility index (Phi) is 10.7. The molecular weight excluding hydrogens is 501 g/mol. The predicted octanol–water partition coefficient (Wildman–Crippen LogP) is 5.64. The highest BCUT2D eigenvalue weighted by molar-refractivity contribution is 7.58. The van der Waals surface area contributed by atoms with Crippen molar-refractivity contribution in [2.45, 2.75) is 109 Å². The zero-order valence-corrected chi connectivity index (χ0v) is 26.0. The van der Waals surface area contributed by atoms with E-state index in [0.717, 1.165) is 0 Å². The molecule has 6 atom stereocenters. The second kappa shape index (κ2) is 11.9. The molecule has 0 saturated carbocycles. The molecule has 2 rings (SSSR count). The van der Waals surface area contributed by atoms with Gasteiger partial charge in [-0.05, 0) is 52.2 Å². The summed E-state index contributed by atoms with van der Waals surface area (Å²) in [5.74, 6) is 0. The summed E-state index contributed by atoms with van der Waals surface area (Å²) in [5.41, 5.74) is -0.875. The Morgan fingerprint density at radius 2 is 1.89 bits per heavy atom. The third-order valence-electron chi connectivity index (χ3n) is 7.13. The first-order valence-corrected chi connectivity index (χ1v) is 18.8. The molecular formula is C23H45BN2O6P2Si. The van der Waals surface area contributed by atoms with Crippen LogP contribution in [0.5, 0.6) is 0 Å². The molecule has 35 heavy (non-hydrogen) atoms. The summed E-state index contributed by atoms with van der Waals surface area (Å²) in [6, 6.07) is -0.405. The summed E-state index contributed by atoms with van der Waals surface area (Å²) in [6.45, 7) is 28.8. The highest BCUT2D eigenvalue weighted by atomic mass is 31.2. The fourth-order valence-electron chi connectivity index (χ4n) is 4.16. The second-order valence-corrected chi connectivity index (χ2v) is 20.7. The minimum absolute atomic E-state index is 0.0338. The van der Waals surface area contributed by atoms with Crippen LogP contribution in [0.4, 0.5) is 0 Å². The molecule has 2 fully saturated rings. The summed E-state index contributed by atoms with van der Waals surface area (Å²) in [4.78, 5) is 3.44. The molecule has 12 heteroatoms. The first kappa shape index (κ1) is 31.4. The van der Waals surface area contributed by atoms with Gasteiger partial charge >= 0.3 is 0 Å². The van der Waals surface area contributed by atoms with E-state index in [-0.39, 0.29) is 36.9 Å². The Morgan fingerprint density at radius 1 is 1.29 bits per heavy atom. The molecule has 0 amide bonds. The summed E-state index contributed by atoms with van der Waals surface area (Å²) < 4.78 is 46.9. The number of ether oxygens (including phenoxy) is 1. The highest BCUT2D eigenvalue weighted by Crippen LogP contribution is 2.57. The summed E-state index contributed by atoms with van der Waals surface area (Å²) in [7, 11) is 0.0982. The molecule has 0 bridgehead atoms. The molecule has 0 N–H and O–H groups in total. The van der Waals surface area contributed by atoms with E-state index in [9.17, 15) is 4.57 Å². The number of hydrogen-bond donors (Lipinski definition) is 0. The molecule has 3 unspecified atom stereocenters. The maximum absolute atomic E-state index is 12.7. The van der Waals surface area contributed by atoms with Crippen LogP contribution in [0.3, 0.4) is 0 Å². The van der Waals surface area contributed by atoms with Crippen molar-refractivity contribution in [2.24, 2.45) is 0 Å². The van der Waals surface area contributed by atoms with E-state index in [4.69, 9.17) is 37.2 Å². The SMILES string of the molecule is [B][C@@H]1O[C@]2(CCP(C)(=O)OC2)[C@H](OP(OCC[N+]#[C-])N(C(C)C)C(C)C)C1O[Si](C)(C)C(C)(C)C. The third kappa shape index (κ3) is 7.62. The number of rotatable bonds is 10. The summed E-state index contributed by atoms with van der Waals surface area (Å²) >= 11 is 0. The zero-order valence-electron chi connectivity index (χ0n) is 23.2. The van der Waals surface area contributed by atoms with E-state index < -0.39 is 48.0 Å². The van der Waals surface area contributed by atoms with E-state index in [1.165, 1.54) is 0 Å². The molecule has 0 aliphatic carbocycles. The molecule has 2 heterocycles. The molecule has 2 aliphatic rings. The van der Waals surface area contributed by atoms with E-state index >= 15 is 0 Å². The molecule has 2 saturated heterocycles. The molecule has 200 valence electrons. The predicted molar refractivity (Wildman–Crippen MR) is 146 cm³/mol. The number of hydrogen-bond acceptors (Lipinski definition) is 7. The first-order chi connectivity index (χ1) is 16.0. The number of nitrogens with zero attached hydrogens (tertiary/aromatic N) is 2. The Labute approximate surface area is 216 Å². The van der Waals surface area contributed by atoms with E-state index in [1.54, 1.807) is 6.66 Å². The Bertz CT molecular complexity index is 784. The minimum Gasteiger partial charge on any atom is -0.409 e. The lowest BCUT2D eigenvalue weighted by Gasteiger charge is -2.45. The Hall–Kier alpha value is 0.192. The van der Waals surface area contributed by atoms with Gasteiger partial charge in [0.05, 0.1) is 12.7 Å². The Balaban J connectivity index is 2.47. The Morgan fingerprint density at radius 3 is 2.34 bits per heavy atom. The topological polar surface area (TPSA) is 70.8 Å². The normalized spacial score (nSPS) is 33.1. The average Bonchev–Trinajstić information content (AvgIpc) is 2.94. The summed E-state index contributed by atoms with van der Waals surface area (Å²) in [6.07, 6.45) is -0.193. The van der Waals surface area contributed by atoms with Crippen molar-refractivity contribution < 1.29 is 27.3 Å². The molecule has 0 aromatic rings. The largest absolute Gasteiger partial charge is 0.409 e. The van der Waals surface area contributed by atoms with Crippen molar-refractivity contribution >= 4 is 32.1 Å². The van der Waals surface area contributed by atoms with Gasteiger partial charge in [-0.25, -0.2) is 11.2 Å². The van der Waals surface area contributed by atoms with Crippen LogP contribution in [0.1, 0.15) is 54.9 Å². The van der Waals surface area contributed by atoms with Gasteiger partial charge in [0.15, 0.2) is 15.7 Å². The molecule has 0 aromatic heterocycles. The lowest BCUT2D eigenvalue weighted by atomic mass is 9.88. The van der Waals surface area contributed by atoms with Gasteiger partial charge in [-0.2, -0.15) is 0 Å². The fraction of sp³-hybridized carbons (Fsp3) is 0.957. The van der Waals surface area contributed by atoms with Crippen molar-refractivity contribution in [3.05, 3.63) is 11.4 Å². The lowest BCUT2D eigenvalue weighted by Crippen LogP contribution is -2.54. The zero-order chi connectivity index (χ0) is 26.8. The van der Waals surface area contributed by atoms with Gasteiger partial charge in [0.25, 0.3) is 8.53 Å². The van der Waals surface area contributed by atoms with Crippen LogP contribution in [0.25, 0.3) is 4.85 Å². The quantitative estimate of drug-likeness (QED) is 0.152. The summed E-state index contributed by atoms with van der Waals surface area (Å²) in [5, 5.41) is -0.0338. The van der Waals surface area contributed by atoms with Crippen molar-refractivity contribution in [3.63, 3.8) is 0 Å². The highest BCUT2D eigenvalue weighted by Gasteiger charge is 2.60. The van der Waals surface area contributed by atoms with Crippen molar-refractivity contribution in [3.8, 4) is 0 Å². The van der Waals surface area contributed by atoms with Crippen LogP contribution in [-0.4, -0.2) is 89.3 Å². The maximum Gasteiger partial charge on any atom is 0.259 e. The molecule has 2 radical (unpaired) electrons. The second-order valence-electron chi connectivity index (χ2n) is 11.8. The van der Waals surface area contributed by atoms with Gasteiger partial charge in [0.2, 0.25) is 6.54 Å². The first-order valence-electron chi connectivity index (χ1n) is 12.5. The minimum atomic E-state index is -2.68. The molecule has 8 nitrogen and oxygen atoms in total. The van der Waals surface area contributed by atoms with E-state index in [0.29, 0.717) is 12.6 Å². The van der Waals surface area contributed by atoms with Crippen LogP contribution in [0, 0.1) is 6.57 Å². The van der Waals surface area contributed by atoms with Crippen LogP contribution >= 0.6 is 15.9 Å². The third-order valence-corrected chi connectivity index (χ3v) is 15.4. The molecule has 0 aromatic carbocycles. The monoisotopic (exact) mass is 546 g/mol. The van der Waals surface area contributed by atoms with Crippen LogP contribution < -0.4 is 0 Å². The van der Waals surface area contributed by atoms with Gasteiger partial charge < -0.3 is 27.6 Å². The van der Waals surface area contributed by atoms with Gasteiger partial charge in [0.1, 0.15) is 26.2 Å². The van der Waals surface area contributed by atoms with Gasteiger partial charge in [-0.1, -0.05) is 20.8 Å². The van der Waals surface area contributed by atoms with Crippen molar-refractivity contribution in [1.82, 2.24) is 4.67 Å². The van der Waals surface area contributed by atoms with Crippen LogP contribution in [0.15, 0.2) is 0 Å². The van der Waals surface area contributed by atoms with Gasteiger partial charge in [0, 0.05) is 30.9 Å². The van der Waals surface area contributed by atoms with Crippen molar-refractivity contribution in [2.75, 3.05) is 32.6 Å². The fourth-order valence-corrected chi connectivity index (χ4v) is 8.66. The van der Waals surface area contributed by atoms with Crippen LogP contribution in [-0.2, 0) is 27.3 Å². The van der Waals surface area contributed by atoms with Crippen LogP contribution in [0.2, 0.25) is 18.1 Å². The smallest absolute Gasteiger partial charge is 0.259 e. The van der Waals surface area contributed by atoms with Gasteiger partial charge in [-0.3, -0.25) is 4.57 Å². The standard InChI is InChI=1S/C23H45BN2O6P2Si/c1-17(2)26(18(3)4)33(28-14-13-25-8)31-20-19(32-35(10,11)22(5,6)7)21(24)30-23(20)12-15-34(9,27)29-16-23/h17-21H,12-16H2,1-7,9-11H3/t19?,20-,21-,23+,33?,34?/m1/s1. The van der Waals surface area contributed by atoms with Gasteiger partial charge in [-0.15, -0.1) is 0 Å².